The molecular weight excluding hydrogens is 176 g/mol. The SMILES string of the molecule is CCCCC(COC)C(OC)C(C)C. The third kappa shape index (κ3) is 4.97. The predicted molar refractivity (Wildman–Crippen MR) is 60.5 cm³/mol. The molecule has 0 N–H and O–H groups in total. The first-order chi connectivity index (χ1) is 6.67. The molecule has 0 aliphatic carbocycles. The third-order valence-electron chi connectivity index (χ3n) is 2.70. The largest absolute Gasteiger partial charge is 0.384 e. The van der Waals surface area contributed by atoms with Crippen LogP contribution in [0.25, 0.3) is 0 Å². The summed E-state index contributed by atoms with van der Waals surface area (Å²) in [6.45, 7) is 7.46. The van der Waals surface area contributed by atoms with Gasteiger partial charge in [-0.1, -0.05) is 33.6 Å². The van der Waals surface area contributed by atoms with Gasteiger partial charge in [0.05, 0.1) is 12.7 Å². The normalized spacial score (nSPS) is 15.9. The van der Waals surface area contributed by atoms with Crippen LogP contribution in [0.5, 0.6) is 0 Å². The molecular formula is C12H26O2. The van der Waals surface area contributed by atoms with E-state index >= 15 is 0 Å². The topological polar surface area (TPSA) is 18.5 Å². The Morgan fingerprint density at radius 3 is 2.14 bits per heavy atom. The van der Waals surface area contributed by atoms with Crippen molar-refractivity contribution in [2.45, 2.75) is 46.1 Å². The highest BCUT2D eigenvalue weighted by molar-refractivity contribution is 4.73. The predicted octanol–water partition coefficient (Wildman–Crippen LogP) is 3.11. The van der Waals surface area contributed by atoms with Gasteiger partial charge in [-0.2, -0.15) is 0 Å². The van der Waals surface area contributed by atoms with Crippen LogP contribution in [0.1, 0.15) is 40.0 Å². The lowest BCUT2D eigenvalue weighted by Gasteiger charge is -2.28. The lowest BCUT2D eigenvalue weighted by molar-refractivity contribution is -0.0165. The molecule has 0 amide bonds. The lowest BCUT2D eigenvalue weighted by atomic mass is 9.89. The zero-order valence-corrected chi connectivity index (χ0v) is 10.4. The Labute approximate surface area is 89.0 Å². The van der Waals surface area contributed by atoms with Gasteiger partial charge in [-0.05, 0) is 12.3 Å². The molecule has 0 radical (unpaired) electrons. The molecule has 0 aromatic carbocycles. The van der Waals surface area contributed by atoms with E-state index in [1.165, 1.54) is 19.3 Å². The second-order valence-electron chi connectivity index (χ2n) is 4.30. The molecule has 86 valence electrons. The number of hydrogen-bond donors (Lipinski definition) is 0. The maximum atomic E-state index is 5.54. The summed E-state index contributed by atoms with van der Waals surface area (Å²) in [5, 5.41) is 0. The molecule has 0 spiro atoms. The Morgan fingerprint density at radius 2 is 1.79 bits per heavy atom. The van der Waals surface area contributed by atoms with Gasteiger partial charge in [-0.15, -0.1) is 0 Å². The van der Waals surface area contributed by atoms with Crippen molar-refractivity contribution in [1.82, 2.24) is 0 Å². The summed E-state index contributed by atoms with van der Waals surface area (Å²) in [6.07, 6.45) is 4.05. The van der Waals surface area contributed by atoms with Gasteiger partial charge in [0, 0.05) is 20.1 Å². The molecule has 2 atom stereocenters. The van der Waals surface area contributed by atoms with E-state index < -0.39 is 0 Å². The summed E-state index contributed by atoms with van der Waals surface area (Å²) >= 11 is 0. The molecule has 0 bridgehead atoms. The second-order valence-corrected chi connectivity index (χ2v) is 4.30. The number of rotatable bonds is 8. The van der Waals surface area contributed by atoms with Crippen molar-refractivity contribution in [3.63, 3.8) is 0 Å². The molecule has 0 saturated carbocycles. The summed E-state index contributed by atoms with van der Waals surface area (Å²) < 4.78 is 10.8. The molecule has 0 fully saturated rings. The molecule has 14 heavy (non-hydrogen) atoms. The number of ether oxygens (including phenoxy) is 2. The molecule has 2 unspecified atom stereocenters. The van der Waals surface area contributed by atoms with E-state index in [1.54, 1.807) is 14.2 Å². The van der Waals surface area contributed by atoms with Crippen LogP contribution in [0, 0.1) is 11.8 Å². The standard InChI is InChI=1S/C12H26O2/c1-6-7-8-11(9-13-4)12(14-5)10(2)3/h10-12H,6-9H2,1-5H3. The number of methoxy groups -OCH3 is 2. The van der Waals surface area contributed by atoms with E-state index in [-0.39, 0.29) is 0 Å². The fourth-order valence-corrected chi connectivity index (χ4v) is 2.03. The second kappa shape index (κ2) is 8.25. The van der Waals surface area contributed by atoms with Gasteiger partial charge in [-0.3, -0.25) is 0 Å². The smallest absolute Gasteiger partial charge is 0.0644 e. The van der Waals surface area contributed by atoms with Gasteiger partial charge in [0.2, 0.25) is 0 Å². The van der Waals surface area contributed by atoms with Gasteiger partial charge >= 0.3 is 0 Å². The first-order valence-corrected chi connectivity index (χ1v) is 5.69. The van der Waals surface area contributed by atoms with Gasteiger partial charge < -0.3 is 9.47 Å². The van der Waals surface area contributed by atoms with Gasteiger partial charge in [0.1, 0.15) is 0 Å². The fraction of sp³-hybridized carbons (Fsp3) is 1.00. The molecule has 0 aliphatic heterocycles. The average molecular weight is 202 g/mol. The van der Waals surface area contributed by atoms with E-state index in [0.717, 1.165) is 6.61 Å². The summed E-state index contributed by atoms with van der Waals surface area (Å²) in [5.41, 5.74) is 0. The lowest BCUT2D eigenvalue weighted by Crippen LogP contribution is -2.31. The van der Waals surface area contributed by atoms with Crippen molar-refractivity contribution >= 4 is 0 Å². The first kappa shape index (κ1) is 13.9. The molecule has 0 aromatic heterocycles. The van der Waals surface area contributed by atoms with Crippen LogP contribution in [0.4, 0.5) is 0 Å². The van der Waals surface area contributed by atoms with E-state index in [2.05, 4.69) is 20.8 Å². The van der Waals surface area contributed by atoms with Crippen LogP contribution in [0.2, 0.25) is 0 Å². The zero-order valence-electron chi connectivity index (χ0n) is 10.4. The summed E-state index contributed by atoms with van der Waals surface area (Å²) in [5.74, 6) is 1.11. The monoisotopic (exact) mass is 202 g/mol. The van der Waals surface area contributed by atoms with Crippen LogP contribution in [0.3, 0.4) is 0 Å². The zero-order chi connectivity index (χ0) is 11.0. The Hall–Kier alpha value is -0.0800. The molecule has 2 heteroatoms. The van der Waals surface area contributed by atoms with Gasteiger partial charge in [0.25, 0.3) is 0 Å². The van der Waals surface area contributed by atoms with Crippen molar-refractivity contribution < 1.29 is 9.47 Å². The van der Waals surface area contributed by atoms with Crippen LogP contribution in [-0.2, 0) is 9.47 Å². The maximum absolute atomic E-state index is 5.54. The third-order valence-corrected chi connectivity index (χ3v) is 2.70. The maximum Gasteiger partial charge on any atom is 0.0644 e. The van der Waals surface area contributed by atoms with Crippen molar-refractivity contribution in [1.29, 1.82) is 0 Å². The molecule has 2 nitrogen and oxygen atoms in total. The van der Waals surface area contributed by atoms with E-state index in [9.17, 15) is 0 Å². The van der Waals surface area contributed by atoms with Gasteiger partial charge in [-0.25, -0.2) is 0 Å². The fourth-order valence-electron chi connectivity index (χ4n) is 2.03. The number of hydrogen-bond acceptors (Lipinski definition) is 2. The Morgan fingerprint density at radius 1 is 1.14 bits per heavy atom. The Balaban J connectivity index is 4.12. The Kier molecular flexibility index (Phi) is 8.20. The molecule has 0 aliphatic rings. The summed E-state index contributed by atoms with van der Waals surface area (Å²) in [4.78, 5) is 0. The van der Waals surface area contributed by atoms with Crippen LogP contribution in [-0.4, -0.2) is 26.9 Å². The Bertz CT molecular complexity index is 123. The van der Waals surface area contributed by atoms with E-state index in [1.807, 2.05) is 0 Å². The molecule has 0 aromatic rings. The highest BCUT2D eigenvalue weighted by Crippen LogP contribution is 2.21. The van der Waals surface area contributed by atoms with Gasteiger partial charge in [0.15, 0.2) is 0 Å². The van der Waals surface area contributed by atoms with Crippen LogP contribution in [0.15, 0.2) is 0 Å². The minimum Gasteiger partial charge on any atom is -0.384 e. The minimum atomic E-state index is 0.335. The van der Waals surface area contributed by atoms with E-state index in [4.69, 9.17) is 9.47 Å². The first-order valence-electron chi connectivity index (χ1n) is 5.69. The minimum absolute atomic E-state index is 0.335. The van der Waals surface area contributed by atoms with Crippen molar-refractivity contribution in [3.05, 3.63) is 0 Å². The molecule has 0 heterocycles. The quantitative estimate of drug-likeness (QED) is 0.602. The average Bonchev–Trinajstić information content (AvgIpc) is 2.14. The van der Waals surface area contributed by atoms with Crippen molar-refractivity contribution in [2.24, 2.45) is 11.8 Å². The molecule has 0 saturated heterocycles. The van der Waals surface area contributed by atoms with Crippen LogP contribution < -0.4 is 0 Å². The van der Waals surface area contributed by atoms with Crippen molar-refractivity contribution in [3.8, 4) is 0 Å². The van der Waals surface area contributed by atoms with Crippen LogP contribution >= 0.6 is 0 Å². The number of unbranched alkanes of at least 4 members (excludes halogenated alkanes) is 1. The summed E-state index contributed by atoms with van der Waals surface area (Å²) in [6, 6.07) is 0. The highest BCUT2D eigenvalue weighted by atomic mass is 16.5. The van der Waals surface area contributed by atoms with E-state index in [0.29, 0.717) is 17.9 Å². The summed E-state index contributed by atoms with van der Waals surface area (Å²) in [7, 11) is 3.57. The highest BCUT2D eigenvalue weighted by Gasteiger charge is 2.23. The molecule has 0 rings (SSSR count). The van der Waals surface area contributed by atoms with Crippen molar-refractivity contribution in [2.75, 3.05) is 20.8 Å².